The first-order chi connectivity index (χ1) is 8.77. The number of aryl methyl sites for hydroxylation is 1. The van der Waals surface area contributed by atoms with Gasteiger partial charge >= 0.3 is 0 Å². The zero-order chi connectivity index (χ0) is 12.8. The number of carbonyl (C=O) groups excluding carboxylic acids is 2. The van der Waals surface area contributed by atoms with Crippen LogP contribution in [0.25, 0.3) is 0 Å². The molecule has 1 aromatic rings. The van der Waals surface area contributed by atoms with Gasteiger partial charge in [0.2, 0.25) is 11.8 Å². The Balaban J connectivity index is 1.89. The van der Waals surface area contributed by atoms with Crippen molar-refractivity contribution in [2.75, 3.05) is 19.6 Å². The summed E-state index contributed by atoms with van der Waals surface area (Å²) in [7, 11) is 0. The van der Waals surface area contributed by atoms with E-state index in [1.807, 2.05) is 30.3 Å². The van der Waals surface area contributed by atoms with Crippen LogP contribution in [-0.2, 0) is 16.0 Å². The first-order valence-electron chi connectivity index (χ1n) is 6.35. The Morgan fingerprint density at radius 3 is 2.83 bits per heavy atom. The van der Waals surface area contributed by atoms with E-state index in [0.29, 0.717) is 19.4 Å². The van der Waals surface area contributed by atoms with E-state index in [1.54, 1.807) is 0 Å². The smallest absolute Gasteiger partial charge is 0.243 e. The van der Waals surface area contributed by atoms with Crippen molar-refractivity contribution in [1.29, 1.82) is 0 Å². The van der Waals surface area contributed by atoms with E-state index >= 15 is 0 Å². The van der Waals surface area contributed by atoms with Gasteiger partial charge in [-0.05, 0) is 24.9 Å². The van der Waals surface area contributed by atoms with Crippen LogP contribution >= 0.6 is 0 Å². The molecule has 1 fully saturated rings. The Kier molecular flexibility index (Phi) is 4.47. The number of carbonyl (C=O) groups is 2. The third kappa shape index (κ3) is 3.40. The normalized spacial score (nSPS) is 16.4. The summed E-state index contributed by atoms with van der Waals surface area (Å²) in [6.07, 6.45) is 1.93. The van der Waals surface area contributed by atoms with Crippen molar-refractivity contribution in [3.05, 3.63) is 35.9 Å². The quantitative estimate of drug-likeness (QED) is 0.864. The van der Waals surface area contributed by atoms with Crippen LogP contribution in [0.4, 0.5) is 0 Å². The van der Waals surface area contributed by atoms with Crippen LogP contribution in [0, 0.1) is 0 Å². The molecule has 0 bridgehead atoms. The fraction of sp³-hybridized carbons (Fsp3) is 0.429. The van der Waals surface area contributed by atoms with E-state index in [0.717, 1.165) is 18.5 Å². The monoisotopic (exact) mass is 246 g/mol. The van der Waals surface area contributed by atoms with Crippen LogP contribution in [0.2, 0.25) is 0 Å². The molecule has 1 N–H and O–H groups in total. The fourth-order valence-corrected chi connectivity index (χ4v) is 2.07. The molecule has 1 aromatic carbocycles. The predicted octanol–water partition coefficient (Wildman–Crippen LogP) is 0.968. The minimum absolute atomic E-state index is 0.0625. The van der Waals surface area contributed by atoms with Crippen LogP contribution in [0.1, 0.15) is 18.4 Å². The van der Waals surface area contributed by atoms with Gasteiger partial charge in [0.15, 0.2) is 0 Å². The van der Waals surface area contributed by atoms with Gasteiger partial charge in [0.25, 0.3) is 0 Å². The molecule has 0 atom stereocenters. The van der Waals surface area contributed by atoms with E-state index in [2.05, 4.69) is 5.32 Å². The van der Waals surface area contributed by atoms with Crippen molar-refractivity contribution in [1.82, 2.24) is 10.2 Å². The van der Waals surface area contributed by atoms with Crippen LogP contribution in [-0.4, -0.2) is 36.3 Å². The third-order valence-corrected chi connectivity index (χ3v) is 3.08. The highest BCUT2D eigenvalue weighted by Crippen LogP contribution is 2.06. The number of hydrogen-bond acceptors (Lipinski definition) is 3. The van der Waals surface area contributed by atoms with Gasteiger partial charge in [0.1, 0.15) is 0 Å². The molecular weight excluding hydrogens is 228 g/mol. The van der Waals surface area contributed by atoms with E-state index < -0.39 is 0 Å². The molecule has 0 radical (unpaired) electrons. The summed E-state index contributed by atoms with van der Waals surface area (Å²) < 4.78 is 0. The highest BCUT2D eigenvalue weighted by molar-refractivity contribution is 5.96. The Bertz CT molecular complexity index is 417. The molecule has 0 aliphatic carbocycles. The summed E-state index contributed by atoms with van der Waals surface area (Å²) >= 11 is 0. The summed E-state index contributed by atoms with van der Waals surface area (Å²) in [5.74, 6) is -0.168. The van der Waals surface area contributed by atoms with Gasteiger partial charge in [0.05, 0.1) is 6.54 Å². The Morgan fingerprint density at radius 2 is 2.06 bits per heavy atom. The summed E-state index contributed by atoms with van der Waals surface area (Å²) in [5, 5.41) is 3.01. The summed E-state index contributed by atoms with van der Waals surface area (Å²) in [5.41, 5.74) is 1.13. The summed E-state index contributed by atoms with van der Waals surface area (Å²) in [6.45, 7) is 1.62. The molecule has 2 rings (SSSR count). The molecule has 1 aliphatic rings. The molecule has 96 valence electrons. The lowest BCUT2D eigenvalue weighted by Gasteiger charge is -2.17. The van der Waals surface area contributed by atoms with E-state index in [-0.39, 0.29) is 18.4 Å². The molecule has 4 nitrogen and oxygen atoms in total. The average molecular weight is 246 g/mol. The second kappa shape index (κ2) is 6.31. The second-order valence-electron chi connectivity index (χ2n) is 4.46. The summed E-state index contributed by atoms with van der Waals surface area (Å²) in [6, 6.07) is 9.87. The SMILES string of the molecule is O=C(CCc1ccccc1)N1CCCNCC1=O. The van der Waals surface area contributed by atoms with Crippen LogP contribution in [0.5, 0.6) is 0 Å². The predicted molar refractivity (Wildman–Crippen MR) is 69.0 cm³/mol. The Morgan fingerprint density at radius 1 is 1.28 bits per heavy atom. The van der Waals surface area contributed by atoms with Gasteiger partial charge in [-0.2, -0.15) is 0 Å². The van der Waals surface area contributed by atoms with Crippen LogP contribution < -0.4 is 5.32 Å². The van der Waals surface area contributed by atoms with Gasteiger partial charge in [-0.1, -0.05) is 30.3 Å². The summed E-state index contributed by atoms with van der Waals surface area (Å²) in [4.78, 5) is 25.1. The first-order valence-corrected chi connectivity index (χ1v) is 6.35. The molecule has 18 heavy (non-hydrogen) atoms. The molecule has 1 heterocycles. The molecule has 4 heteroatoms. The molecule has 1 aliphatic heterocycles. The molecule has 1 saturated heterocycles. The van der Waals surface area contributed by atoms with Gasteiger partial charge in [-0.15, -0.1) is 0 Å². The molecule has 0 aromatic heterocycles. The van der Waals surface area contributed by atoms with Crippen molar-refractivity contribution in [3.8, 4) is 0 Å². The number of hydrogen-bond donors (Lipinski definition) is 1. The standard InChI is InChI=1S/C14H18N2O2/c17-13(8-7-12-5-2-1-3-6-12)16-10-4-9-15-11-14(16)18/h1-3,5-6,15H,4,7-11H2. The average Bonchev–Trinajstić information content (AvgIpc) is 2.62. The maximum Gasteiger partial charge on any atom is 0.243 e. The first kappa shape index (κ1) is 12.8. The Hall–Kier alpha value is -1.68. The lowest BCUT2D eigenvalue weighted by atomic mass is 10.1. The number of rotatable bonds is 3. The molecule has 0 spiro atoms. The second-order valence-corrected chi connectivity index (χ2v) is 4.46. The Labute approximate surface area is 107 Å². The zero-order valence-electron chi connectivity index (χ0n) is 10.4. The van der Waals surface area contributed by atoms with Crippen molar-refractivity contribution >= 4 is 11.8 Å². The maximum atomic E-state index is 12.0. The molecular formula is C14H18N2O2. The maximum absolute atomic E-state index is 12.0. The largest absolute Gasteiger partial charge is 0.308 e. The number of imide groups is 1. The highest BCUT2D eigenvalue weighted by Gasteiger charge is 2.22. The highest BCUT2D eigenvalue weighted by atomic mass is 16.2. The zero-order valence-corrected chi connectivity index (χ0v) is 10.4. The lowest BCUT2D eigenvalue weighted by Crippen LogP contribution is -2.39. The van der Waals surface area contributed by atoms with Crippen molar-refractivity contribution in [2.45, 2.75) is 19.3 Å². The number of nitrogens with zero attached hydrogens (tertiary/aromatic N) is 1. The van der Waals surface area contributed by atoms with E-state index in [4.69, 9.17) is 0 Å². The van der Waals surface area contributed by atoms with Crippen LogP contribution in [0.3, 0.4) is 0 Å². The van der Waals surface area contributed by atoms with Gasteiger partial charge < -0.3 is 5.32 Å². The number of amides is 2. The molecule has 0 unspecified atom stereocenters. The lowest BCUT2D eigenvalue weighted by molar-refractivity contribution is -0.143. The minimum atomic E-state index is -0.106. The fourth-order valence-electron chi connectivity index (χ4n) is 2.07. The third-order valence-electron chi connectivity index (χ3n) is 3.08. The number of benzene rings is 1. The van der Waals surface area contributed by atoms with Crippen LogP contribution in [0.15, 0.2) is 30.3 Å². The van der Waals surface area contributed by atoms with Crippen molar-refractivity contribution < 1.29 is 9.59 Å². The van der Waals surface area contributed by atoms with Gasteiger partial charge in [-0.3, -0.25) is 14.5 Å². The number of nitrogens with one attached hydrogen (secondary N) is 1. The van der Waals surface area contributed by atoms with E-state index in [1.165, 1.54) is 4.90 Å². The molecule has 2 amide bonds. The van der Waals surface area contributed by atoms with Crippen molar-refractivity contribution in [2.24, 2.45) is 0 Å². The minimum Gasteiger partial charge on any atom is -0.308 e. The van der Waals surface area contributed by atoms with Gasteiger partial charge in [0, 0.05) is 13.0 Å². The topological polar surface area (TPSA) is 49.4 Å². The van der Waals surface area contributed by atoms with E-state index in [9.17, 15) is 9.59 Å². The molecule has 0 saturated carbocycles. The van der Waals surface area contributed by atoms with Gasteiger partial charge in [-0.25, -0.2) is 0 Å². The van der Waals surface area contributed by atoms with Crippen molar-refractivity contribution in [3.63, 3.8) is 0 Å².